The van der Waals surface area contributed by atoms with Gasteiger partial charge in [0.05, 0.1) is 16.6 Å². The van der Waals surface area contributed by atoms with Crippen molar-refractivity contribution >= 4 is 16.9 Å². The van der Waals surface area contributed by atoms with Crippen molar-refractivity contribution in [2.75, 3.05) is 13.1 Å². The Morgan fingerprint density at radius 2 is 1.88 bits per heavy atom. The van der Waals surface area contributed by atoms with Gasteiger partial charge in [0.25, 0.3) is 5.91 Å². The van der Waals surface area contributed by atoms with Crippen LogP contribution in [0.3, 0.4) is 0 Å². The van der Waals surface area contributed by atoms with Gasteiger partial charge in [-0.3, -0.25) is 9.36 Å². The number of para-hydroxylation sites is 2. The third kappa shape index (κ3) is 2.67. The van der Waals surface area contributed by atoms with E-state index in [9.17, 15) is 9.59 Å². The summed E-state index contributed by atoms with van der Waals surface area (Å²) in [6.07, 6.45) is 5.43. The van der Waals surface area contributed by atoms with Crippen molar-refractivity contribution in [3.05, 3.63) is 58.3 Å². The molecule has 25 heavy (non-hydrogen) atoms. The number of nitrogens with zero attached hydrogens (tertiary/aromatic N) is 3. The lowest BCUT2D eigenvalue weighted by atomic mass is 10.0. The van der Waals surface area contributed by atoms with Crippen LogP contribution in [-0.2, 0) is 7.05 Å². The van der Waals surface area contributed by atoms with Crippen LogP contribution in [0.25, 0.3) is 11.0 Å². The molecule has 1 aromatic carbocycles. The van der Waals surface area contributed by atoms with Gasteiger partial charge in [0, 0.05) is 38.6 Å². The second-order valence-electron chi connectivity index (χ2n) is 6.86. The summed E-state index contributed by atoms with van der Waals surface area (Å²) in [5, 5.41) is 0. The normalized spacial score (nSPS) is 15.8. The summed E-state index contributed by atoms with van der Waals surface area (Å²) in [7, 11) is 1.93. The fraction of sp³-hybridized carbons (Fsp3) is 0.368. The summed E-state index contributed by atoms with van der Waals surface area (Å²) in [5.74, 6) is 0.0859. The highest BCUT2D eigenvalue weighted by molar-refractivity contribution is 5.95. The van der Waals surface area contributed by atoms with Crippen LogP contribution in [0.4, 0.5) is 0 Å². The van der Waals surface area contributed by atoms with Crippen molar-refractivity contribution in [2.45, 2.75) is 25.8 Å². The Labute approximate surface area is 145 Å². The monoisotopic (exact) mass is 338 g/mol. The van der Waals surface area contributed by atoms with E-state index in [0.717, 1.165) is 35.0 Å². The first-order valence-electron chi connectivity index (χ1n) is 8.65. The molecule has 0 unspecified atom stereocenters. The van der Waals surface area contributed by atoms with E-state index in [2.05, 4.69) is 4.98 Å². The molecular weight excluding hydrogens is 316 g/mol. The third-order valence-corrected chi connectivity index (χ3v) is 5.13. The Hall–Kier alpha value is -2.76. The zero-order valence-corrected chi connectivity index (χ0v) is 14.5. The van der Waals surface area contributed by atoms with Crippen LogP contribution in [0.15, 0.2) is 41.5 Å². The Kier molecular flexibility index (Phi) is 3.75. The summed E-state index contributed by atoms with van der Waals surface area (Å²) in [6.45, 7) is 3.30. The molecule has 0 bridgehead atoms. The molecule has 0 saturated carbocycles. The van der Waals surface area contributed by atoms with Crippen LogP contribution in [0.2, 0.25) is 0 Å². The summed E-state index contributed by atoms with van der Waals surface area (Å²) in [4.78, 5) is 29.9. The molecule has 2 aromatic heterocycles. The van der Waals surface area contributed by atoms with E-state index in [0.29, 0.717) is 13.1 Å². The van der Waals surface area contributed by atoms with E-state index >= 15 is 0 Å². The average molecular weight is 338 g/mol. The Morgan fingerprint density at radius 3 is 2.56 bits per heavy atom. The van der Waals surface area contributed by atoms with Gasteiger partial charge in [-0.2, -0.15) is 0 Å². The Bertz CT molecular complexity index is 986. The molecule has 1 aliphatic rings. The van der Waals surface area contributed by atoms with Gasteiger partial charge in [-0.05, 0) is 37.5 Å². The molecule has 1 saturated heterocycles. The number of amides is 1. The summed E-state index contributed by atoms with van der Waals surface area (Å²) in [5.41, 5.74) is 3.51. The van der Waals surface area contributed by atoms with Gasteiger partial charge in [0.15, 0.2) is 0 Å². The van der Waals surface area contributed by atoms with Crippen molar-refractivity contribution in [1.29, 1.82) is 0 Å². The molecule has 6 heteroatoms. The molecule has 4 rings (SSSR count). The second kappa shape index (κ2) is 5.95. The van der Waals surface area contributed by atoms with E-state index in [1.807, 2.05) is 64.7 Å². The minimum absolute atomic E-state index is 0.0649. The molecule has 1 amide bonds. The number of likely N-dealkylation sites (tertiary alicyclic amines) is 1. The predicted molar refractivity (Wildman–Crippen MR) is 96.9 cm³/mol. The van der Waals surface area contributed by atoms with Gasteiger partial charge in [-0.1, -0.05) is 12.1 Å². The second-order valence-corrected chi connectivity index (χ2v) is 6.86. The van der Waals surface area contributed by atoms with Crippen LogP contribution in [0, 0.1) is 6.92 Å². The first-order chi connectivity index (χ1) is 12.0. The summed E-state index contributed by atoms with van der Waals surface area (Å²) >= 11 is 0. The van der Waals surface area contributed by atoms with Gasteiger partial charge < -0.3 is 14.5 Å². The smallest absolute Gasteiger partial charge is 0.326 e. The molecule has 1 fully saturated rings. The number of H-pyrrole nitrogens is 1. The fourth-order valence-electron chi connectivity index (χ4n) is 3.88. The van der Waals surface area contributed by atoms with Crippen molar-refractivity contribution in [3.63, 3.8) is 0 Å². The number of hydrogen-bond acceptors (Lipinski definition) is 2. The highest BCUT2D eigenvalue weighted by Gasteiger charge is 2.27. The van der Waals surface area contributed by atoms with Crippen molar-refractivity contribution in [2.24, 2.45) is 7.05 Å². The fourth-order valence-corrected chi connectivity index (χ4v) is 3.88. The van der Waals surface area contributed by atoms with Crippen LogP contribution in [-0.4, -0.2) is 38.0 Å². The van der Waals surface area contributed by atoms with Gasteiger partial charge in [-0.25, -0.2) is 4.79 Å². The number of aryl methyl sites for hydroxylation is 2. The van der Waals surface area contributed by atoms with Crippen molar-refractivity contribution < 1.29 is 4.79 Å². The third-order valence-electron chi connectivity index (χ3n) is 5.13. The van der Waals surface area contributed by atoms with E-state index < -0.39 is 0 Å². The topological polar surface area (TPSA) is 63.0 Å². The molecule has 6 nitrogen and oxygen atoms in total. The lowest BCUT2D eigenvalue weighted by Gasteiger charge is -2.32. The maximum Gasteiger partial charge on any atom is 0.326 e. The molecule has 3 aromatic rings. The van der Waals surface area contributed by atoms with Gasteiger partial charge >= 0.3 is 5.69 Å². The lowest BCUT2D eigenvalue weighted by molar-refractivity contribution is 0.0694. The van der Waals surface area contributed by atoms with E-state index in [1.54, 1.807) is 0 Å². The Balaban J connectivity index is 1.53. The number of hydrogen-bond donors (Lipinski definition) is 1. The van der Waals surface area contributed by atoms with Crippen LogP contribution < -0.4 is 5.69 Å². The minimum atomic E-state index is -0.0649. The zero-order chi connectivity index (χ0) is 17.6. The van der Waals surface area contributed by atoms with Crippen molar-refractivity contribution in [1.82, 2.24) is 19.0 Å². The molecule has 1 aliphatic heterocycles. The molecular formula is C19H22N4O2. The molecule has 0 atom stereocenters. The number of imidazole rings is 1. The minimum Gasteiger partial charge on any atom is -0.356 e. The maximum absolute atomic E-state index is 12.7. The number of piperidine rings is 1. The quantitative estimate of drug-likeness (QED) is 0.780. The summed E-state index contributed by atoms with van der Waals surface area (Å²) < 4.78 is 3.77. The van der Waals surface area contributed by atoms with Crippen LogP contribution >= 0.6 is 0 Å². The number of benzene rings is 1. The van der Waals surface area contributed by atoms with E-state index in [1.165, 1.54) is 0 Å². The molecule has 0 aliphatic carbocycles. The number of carbonyl (C=O) groups is 1. The SMILES string of the molecule is Cc1cn(C)cc1C(=O)N1CCC(n2c(=O)[nH]c3ccccc32)CC1. The first kappa shape index (κ1) is 15.7. The van der Waals surface area contributed by atoms with Gasteiger partial charge in [-0.15, -0.1) is 0 Å². The maximum atomic E-state index is 12.7. The van der Waals surface area contributed by atoms with E-state index in [4.69, 9.17) is 0 Å². The van der Waals surface area contributed by atoms with Gasteiger partial charge in [0.1, 0.15) is 0 Å². The van der Waals surface area contributed by atoms with Crippen LogP contribution in [0.5, 0.6) is 0 Å². The number of rotatable bonds is 2. The molecule has 0 radical (unpaired) electrons. The number of nitrogens with one attached hydrogen (secondary N) is 1. The predicted octanol–water partition coefficient (Wildman–Crippen LogP) is 2.45. The van der Waals surface area contributed by atoms with Crippen molar-refractivity contribution in [3.8, 4) is 0 Å². The average Bonchev–Trinajstić information content (AvgIpc) is 3.12. The van der Waals surface area contributed by atoms with Gasteiger partial charge in [0.2, 0.25) is 0 Å². The number of fused-ring (bicyclic) bond motifs is 1. The first-order valence-corrected chi connectivity index (χ1v) is 8.65. The highest BCUT2D eigenvalue weighted by atomic mass is 16.2. The molecule has 3 heterocycles. The Morgan fingerprint density at radius 1 is 1.16 bits per heavy atom. The largest absolute Gasteiger partial charge is 0.356 e. The molecule has 0 spiro atoms. The van der Waals surface area contributed by atoms with E-state index in [-0.39, 0.29) is 17.6 Å². The lowest BCUT2D eigenvalue weighted by Crippen LogP contribution is -2.40. The standard InChI is InChI=1S/C19H22N4O2/c1-13-11-21(2)12-15(13)18(24)22-9-7-14(8-10-22)23-17-6-4-3-5-16(17)20-19(23)25/h3-6,11-12,14H,7-10H2,1-2H3,(H,20,25). The van der Waals surface area contributed by atoms with Crippen LogP contribution in [0.1, 0.15) is 34.8 Å². The summed E-state index contributed by atoms with van der Waals surface area (Å²) in [6, 6.07) is 7.89. The number of carbonyl (C=O) groups excluding carboxylic acids is 1. The highest BCUT2D eigenvalue weighted by Crippen LogP contribution is 2.26. The zero-order valence-electron chi connectivity index (χ0n) is 14.5. The number of aromatic nitrogens is 3. The molecule has 130 valence electrons. The molecule has 1 N–H and O–H groups in total. The number of aromatic amines is 1.